The standard InChI is InChI=1S/C12H22N2O2S2/c1-12(2,3)6-7-14-18(15,16)11-5-8-17-10(11)9-13-4/h5,8,13-14H,6-7,9H2,1-4H3. The Balaban J connectivity index is 2.71. The summed E-state index contributed by atoms with van der Waals surface area (Å²) in [6.07, 6.45) is 0.817. The molecule has 0 aliphatic carbocycles. The lowest BCUT2D eigenvalue weighted by Gasteiger charge is -2.18. The summed E-state index contributed by atoms with van der Waals surface area (Å²) in [7, 11) is -1.56. The summed E-state index contributed by atoms with van der Waals surface area (Å²) in [5, 5.41) is 4.79. The molecule has 1 aromatic heterocycles. The molecule has 1 aromatic rings. The zero-order chi connectivity index (χ0) is 13.8. The van der Waals surface area contributed by atoms with Crippen molar-refractivity contribution in [3.05, 3.63) is 16.3 Å². The van der Waals surface area contributed by atoms with Crippen LogP contribution in [0.5, 0.6) is 0 Å². The average Bonchev–Trinajstić information content (AvgIpc) is 2.64. The second-order valence-electron chi connectivity index (χ2n) is 5.45. The Hall–Kier alpha value is -0.430. The van der Waals surface area contributed by atoms with Gasteiger partial charge in [0.1, 0.15) is 0 Å². The van der Waals surface area contributed by atoms with E-state index < -0.39 is 10.0 Å². The van der Waals surface area contributed by atoms with Gasteiger partial charge < -0.3 is 5.32 Å². The Labute approximate surface area is 114 Å². The summed E-state index contributed by atoms with van der Waals surface area (Å²) in [6.45, 7) is 7.34. The van der Waals surface area contributed by atoms with E-state index in [1.807, 2.05) is 12.4 Å². The lowest BCUT2D eigenvalue weighted by atomic mass is 9.93. The lowest BCUT2D eigenvalue weighted by Crippen LogP contribution is -2.28. The highest BCUT2D eigenvalue weighted by atomic mass is 32.2. The van der Waals surface area contributed by atoms with Gasteiger partial charge in [-0.15, -0.1) is 11.3 Å². The van der Waals surface area contributed by atoms with Crippen LogP contribution in [-0.2, 0) is 16.6 Å². The molecule has 0 saturated heterocycles. The molecular weight excluding hydrogens is 268 g/mol. The van der Waals surface area contributed by atoms with Crippen molar-refractivity contribution in [1.29, 1.82) is 0 Å². The molecule has 0 amide bonds. The van der Waals surface area contributed by atoms with E-state index in [9.17, 15) is 8.42 Å². The number of nitrogens with one attached hydrogen (secondary N) is 2. The second-order valence-corrected chi connectivity index (χ2v) is 8.18. The van der Waals surface area contributed by atoms with E-state index in [2.05, 4.69) is 30.8 Å². The van der Waals surface area contributed by atoms with Gasteiger partial charge >= 0.3 is 0 Å². The van der Waals surface area contributed by atoms with Crippen LogP contribution in [0.3, 0.4) is 0 Å². The summed E-state index contributed by atoms with van der Waals surface area (Å²) in [5.41, 5.74) is 0.130. The summed E-state index contributed by atoms with van der Waals surface area (Å²) >= 11 is 1.46. The Morgan fingerprint density at radius 3 is 2.56 bits per heavy atom. The molecule has 4 nitrogen and oxygen atoms in total. The molecule has 1 rings (SSSR count). The van der Waals surface area contributed by atoms with Gasteiger partial charge in [-0.2, -0.15) is 0 Å². The normalized spacial score (nSPS) is 12.9. The summed E-state index contributed by atoms with van der Waals surface area (Å²) in [5.74, 6) is 0. The van der Waals surface area contributed by atoms with Gasteiger partial charge in [0, 0.05) is 18.0 Å². The zero-order valence-electron chi connectivity index (χ0n) is 11.4. The fourth-order valence-electron chi connectivity index (χ4n) is 1.50. The smallest absolute Gasteiger partial charge is 0.241 e. The molecule has 0 radical (unpaired) electrons. The Morgan fingerprint density at radius 2 is 2.00 bits per heavy atom. The van der Waals surface area contributed by atoms with Gasteiger partial charge in [0.05, 0.1) is 4.90 Å². The Bertz CT molecular complexity index is 473. The fourth-order valence-corrected chi connectivity index (χ4v) is 3.98. The molecule has 0 fully saturated rings. The third-order valence-electron chi connectivity index (χ3n) is 2.50. The molecule has 0 aliphatic heterocycles. The van der Waals surface area contributed by atoms with Crippen LogP contribution in [0.15, 0.2) is 16.3 Å². The summed E-state index contributed by atoms with van der Waals surface area (Å²) in [4.78, 5) is 1.25. The first-order valence-corrected chi connectivity index (χ1v) is 8.33. The molecule has 0 saturated carbocycles. The zero-order valence-corrected chi connectivity index (χ0v) is 13.0. The summed E-state index contributed by atoms with van der Waals surface area (Å²) in [6, 6.07) is 1.66. The highest BCUT2D eigenvalue weighted by molar-refractivity contribution is 7.89. The van der Waals surface area contributed by atoms with Gasteiger partial charge in [-0.25, -0.2) is 13.1 Å². The molecule has 0 spiro atoms. The number of thiophene rings is 1. The first-order chi connectivity index (χ1) is 8.26. The van der Waals surface area contributed by atoms with Crippen LogP contribution in [0.1, 0.15) is 32.1 Å². The van der Waals surface area contributed by atoms with E-state index in [1.165, 1.54) is 11.3 Å². The van der Waals surface area contributed by atoms with Gasteiger partial charge in [-0.3, -0.25) is 0 Å². The molecule has 0 bridgehead atoms. The highest BCUT2D eigenvalue weighted by Crippen LogP contribution is 2.22. The first-order valence-electron chi connectivity index (χ1n) is 5.97. The van der Waals surface area contributed by atoms with Crippen molar-refractivity contribution in [3.63, 3.8) is 0 Å². The predicted octanol–water partition coefficient (Wildman–Crippen LogP) is 2.18. The predicted molar refractivity (Wildman–Crippen MR) is 76.3 cm³/mol. The monoisotopic (exact) mass is 290 g/mol. The Kier molecular flexibility index (Phi) is 5.33. The quantitative estimate of drug-likeness (QED) is 0.844. The number of hydrogen-bond donors (Lipinski definition) is 2. The van der Waals surface area contributed by atoms with Crippen molar-refractivity contribution >= 4 is 21.4 Å². The topological polar surface area (TPSA) is 58.2 Å². The molecule has 1 heterocycles. The van der Waals surface area contributed by atoms with E-state index in [1.54, 1.807) is 6.07 Å². The molecule has 0 unspecified atom stereocenters. The van der Waals surface area contributed by atoms with E-state index in [0.717, 1.165) is 11.3 Å². The maximum absolute atomic E-state index is 12.1. The molecule has 0 aliphatic rings. The minimum atomic E-state index is -3.37. The summed E-state index contributed by atoms with van der Waals surface area (Å²) < 4.78 is 27.0. The van der Waals surface area contributed by atoms with E-state index in [-0.39, 0.29) is 5.41 Å². The van der Waals surface area contributed by atoms with E-state index in [4.69, 9.17) is 0 Å². The molecule has 6 heteroatoms. The van der Waals surface area contributed by atoms with Gasteiger partial charge in [-0.05, 0) is 30.3 Å². The molecule has 0 aromatic carbocycles. The van der Waals surface area contributed by atoms with Crippen molar-refractivity contribution in [2.45, 2.75) is 38.6 Å². The lowest BCUT2D eigenvalue weighted by molar-refractivity contribution is 0.378. The largest absolute Gasteiger partial charge is 0.315 e. The van der Waals surface area contributed by atoms with E-state index >= 15 is 0 Å². The fraction of sp³-hybridized carbons (Fsp3) is 0.667. The number of rotatable bonds is 6. The van der Waals surface area contributed by atoms with Crippen LogP contribution in [-0.4, -0.2) is 22.0 Å². The number of hydrogen-bond acceptors (Lipinski definition) is 4. The molecule has 18 heavy (non-hydrogen) atoms. The van der Waals surface area contributed by atoms with Gasteiger partial charge in [-0.1, -0.05) is 20.8 Å². The van der Waals surface area contributed by atoms with Gasteiger partial charge in [0.25, 0.3) is 0 Å². The maximum atomic E-state index is 12.1. The van der Waals surface area contributed by atoms with Crippen LogP contribution in [0.25, 0.3) is 0 Å². The van der Waals surface area contributed by atoms with Crippen molar-refractivity contribution in [3.8, 4) is 0 Å². The van der Waals surface area contributed by atoms with Crippen LogP contribution in [0.4, 0.5) is 0 Å². The van der Waals surface area contributed by atoms with E-state index in [0.29, 0.717) is 18.0 Å². The molecular formula is C12H22N2O2S2. The minimum absolute atomic E-state index is 0.130. The molecule has 0 atom stereocenters. The van der Waals surface area contributed by atoms with Gasteiger partial charge in [0.2, 0.25) is 10.0 Å². The van der Waals surface area contributed by atoms with Crippen LogP contribution in [0, 0.1) is 5.41 Å². The van der Waals surface area contributed by atoms with Crippen LogP contribution < -0.4 is 10.0 Å². The molecule has 2 N–H and O–H groups in total. The van der Waals surface area contributed by atoms with Crippen molar-refractivity contribution < 1.29 is 8.42 Å². The van der Waals surface area contributed by atoms with Crippen molar-refractivity contribution in [1.82, 2.24) is 10.0 Å². The average molecular weight is 290 g/mol. The maximum Gasteiger partial charge on any atom is 0.241 e. The Morgan fingerprint density at radius 1 is 1.33 bits per heavy atom. The van der Waals surface area contributed by atoms with Crippen molar-refractivity contribution in [2.75, 3.05) is 13.6 Å². The second kappa shape index (κ2) is 6.14. The van der Waals surface area contributed by atoms with Crippen LogP contribution >= 0.6 is 11.3 Å². The SMILES string of the molecule is CNCc1sccc1S(=O)(=O)NCCC(C)(C)C. The van der Waals surface area contributed by atoms with Crippen LogP contribution in [0.2, 0.25) is 0 Å². The number of sulfonamides is 1. The highest BCUT2D eigenvalue weighted by Gasteiger charge is 2.20. The minimum Gasteiger partial charge on any atom is -0.315 e. The first kappa shape index (κ1) is 15.6. The van der Waals surface area contributed by atoms with Crippen molar-refractivity contribution in [2.24, 2.45) is 5.41 Å². The van der Waals surface area contributed by atoms with Gasteiger partial charge in [0.15, 0.2) is 0 Å². The molecule has 104 valence electrons. The third-order valence-corrected chi connectivity index (χ3v) is 5.09. The third kappa shape index (κ3) is 4.68.